The Hall–Kier alpha value is -2.83. The van der Waals surface area contributed by atoms with Gasteiger partial charge in [-0.3, -0.25) is 9.59 Å². The standard InChI is InChI=1S/C27H26ClN3O2S/c1-15-4-6-16(7-5-15)14-34-26-30-24-23(25(33)31-26)21(17-8-10-18(28)11-9-17)22-19(29-24)12-27(2,3)13-20(22)32/h4-11,21H,12-14H2,1-3H3,(H2,29,30,31,33). The molecule has 5 rings (SSSR count). The predicted molar refractivity (Wildman–Crippen MR) is 138 cm³/mol. The van der Waals surface area contributed by atoms with E-state index in [4.69, 9.17) is 16.6 Å². The molecule has 0 bridgehead atoms. The summed E-state index contributed by atoms with van der Waals surface area (Å²) in [5, 5.41) is 4.53. The Morgan fingerprint density at radius 3 is 2.47 bits per heavy atom. The van der Waals surface area contributed by atoms with Gasteiger partial charge in [0, 0.05) is 34.4 Å². The van der Waals surface area contributed by atoms with Crippen molar-refractivity contribution in [2.24, 2.45) is 5.41 Å². The molecule has 174 valence electrons. The van der Waals surface area contributed by atoms with Gasteiger partial charge in [-0.05, 0) is 42.0 Å². The number of thioether (sulfide) groups is 1. The average Bonchev–Trinajstić information content (AvgIpc) is 2.77. The van der Waals surface area contributed by atoms with Gasteiger partial charge < -0.3 is 10.3 Å². The number of aryl methyl sites for hydroxylation is 1. The number of allylic oxidation sites excluding steroid dienone is 2. The predicted octanol–water partition coefficient (Wildman–Crippen LogP) is 6.22. The van der Waals surface area contributed by atoms with Crippen LogP contribution in [0.5, 0.6) is 0 Å². The van der Waals surface area contributed by atoms with Gasteiger partial charge in [0.1, 0.15) is 5.82 Å². The number of Topliss-reactive ketones (excluding diaryl/α,β-unsaturated/α-hetero) is 1. The lowest BCUT2D eigenvalue weighted by molar-refractivity contribution is -0.118. The number of nitrogens with one attached hydrogen (secondary N) is 2. The minimum Gasteiger partial charge on any atom is -0.343 e. The van der Waals surface area contributed by atoms with Crippen LogP contribution in [0.2, 0.25) is 5.02 Å². The summed E-state index contributed by atoms with van der Waals surface area (Å²) in [7, 11) is 0. The fourth-order valence-electron chi connectivity index (χ4n) is 4.79. The van der Waals surface area contributed by atoms with Gasteiger partial charge >= 0.3 is 0 Å². The summed E-state index contributed by atoms with van der Waals surface area (Å²) in [5.41, 5.74) is 4.85. The van der Waals surface area contributed by atoms with E-state index in [0.717, 1.165) is 23.2 Å². The number of rotatable bonds is 4. The van der Waals surface area contributed by atoms with E-state index < -0.39 is 5.92 Å². The maximum atomic E-state index is 13.4. The Balaban J connectivity index is 1.57. The van der Waals surface area contributed by atoms with Crippen molar-refractivity contribution in [1.29, 1.82) is 0 Å². The molecular weight excluding hydrogens is 466 g/mol. The van der Waals surface area contributed by atoms with Crippen LogP contribution in [0.15, 0.2) is 69.8 Å². The lowest BCUT2D eigenvalue weighted by Crippen LogP contribution is -2.37. The monoisotopic (exact) mass is 491 g/mol. The topological polar surface area (TPSA) is 74.8 Å². The lowest BCUT2D eigenvalue weighted by atomic mass is 9.69. The number of aromatic nitrogens is 2. The van der Waals surface area contributed by atoms with E-state index in [2.05, 4.69) is 55.3 Å². The van der Waals surface area contributed by atoms with Gasteiger partial charge in [-0.2, -0.15) is 0 Å². The van der Waals surface area contributed by atoms with E-state index in [-0.39, 0.29) is 16.8 Å². The molecule has 0 spiro atoms. The maximum absolute atomic E-state index is 13.4. The van der Waals surface area contributed by atoms with Crippen LogP contribution in [0.3, 0.4) is 0 Å². The number of hydrogen-bond acceptors (Lipinski definition) is 5. The van der Waals surface area contributed by atoms with Gasteiger partial charge in [-0.1, -0.05) is 79.2 Å². The quantitative estimate of drug-likeness (QED) is 0.334. The summed E-state index contributed by atoms with van der Waals surface area (Å²) in [6.07, 6.45) is 1.17. The van der Waals surface area contributed by atoms with Crippen molar-refractivity contribution in [1.82, 2.24) is 9.97 Å². The minimum absolute atomic E-state index is 0.0709. The molecule has 1 aromatic heterocycles. The fourth-order valence-corrected chi connectivity index (χ4v) is 5.73. The molecule has 0 fully saturated rings. The van der Waals surface area contributed by atoms with Crippen molar-refractivity contribution in [3.8, 4) is 0 Å². The molecule has 0 radical (unpaired) electrons. The SMILES string of the molecule is Cc1ccc(CSc2nc3c(c(=O)[nH]2)C(c2ccc(Cl)cc2)C2=C(CC(C)(C)CC2=O)N3)cc1. The van der Waals surface area contributed by atoms with Gasteiger partial charge in [-0.25, -0.2) is 4.98 Å². The Morgan fingerprint density at radius 2 is 1.76 bits per heavy atom. The van der Waals surface area contributed by atoms with E-state index in [1.807, 2.05) is 12.1 Å². The van der Waals surface area contributed by atoms with Gasteiger partial charge in [0.25, 0.3) is 5.56 Å². The van der Waals surface area contributed by atoms with Crippen LogP contribution in [0.4, 0.5) is 5.82 Å². The summed E-state index contributed by atoms with van der Waals surface area (Å²) in [6.45, 7) is 6.25. The number of hydrogen-bond donors (Lipinski definition) is 2. The number of ketones is 1. The largest absolute Gasteiger partial charge is 0.343 e. The number of carbonyl (C=O) groups is 1. The summed E-state index contributed by atoms with van der Waals surface area (Å²) < 4.78 is 0. The summed E-state index contributed by atoms with van der Waals surface area (Å²) in [4.78, 5) is 34.4. The lowest BCUT2D eigenvalue weighted by Gasteiger charge is -2.38. The molecule has 1 atom stereocenters. The number of carbonyl (C=O) groups excluding carboxylic acids is 1. The van der Waals surface area contributed by atoms with Gasteiger partial charge in [0.2, 0.25) is 0 Å². The first-order chi connectivity index (χ1) is 16.2. The van der Waals surface area contributed by atoms with E-state index in [0.29, 0.717) is 39.3 Å². The first-order valence-electron chi connectivity index (χ1n) is 11.3. The van der Waals surface area contributed by atoms with Crippen LogP contribution < -0.4 is 10.9 Å². The Kier molecular flexibility index (Phi) is 5.90. The normalized spacial score (nSPS) is 18.8. The highest BCUT2D eigenvalue weighted by molar-refractivity contribution is 7.98. The van der Waals surface area contributed by atoms with Crippen LogP contribution in [-0.4, -0.2) is 15.8 Å². The third-order valence-corrected chi connectivity index (χ3v) is 7.60. The summed E-state index contributed by atoms with van der Waals surface area (Å²) in [6, 6.07) is 15.7. The van der Waals surface area contributed by atoms with Gasteiger partial charge in [-0.15, -0.1) is 0 Å². The smallest absolute Gasteiger partial charge is 0.257 e. The van der Waals surface area contributed by atoms with Crippen LogP contribution >= 0.6 is 23.4 Å². The van der Waals surface area contributed by atoms with E-state index in [9.17, 15) is 9.59 Å². The molecule has 2 aromatic carbocycles. The Bertz CT molecular complexity index is 1360. The van der Waals surface area contributed by atoms with Crippen molar-refractivity contribution in [2.75, 3.05) is 5.32 Å². The Morgan fingerprint density at radius 1 is 1.06 bits per heavy atom. The number of benzene rings is 2. The van der Waals surface area contributed by atoms with Crippen molar-refractivity contribution in [3.05, 3.63) is 97.4 Å². The zero-order valence-electron chi connectivity index (χ0n) is 19.4. The fraction of sp³-hybridized carbons (Fsp3) is 0.296. The number of aromatic amines is 1. The highest BCUT2D eigenvalue weighted by Crippen LogP contribution is 2.47. The molecule has 1 aliphatic heterocycles. The second kappa shape index (κ2) is 8.75. The number of anilines is 1. The van der Waals surface area contributed by atoms with Crippen LogP contribution in [-0.2, 0) is 10.5 Å². The summed E-state index contributed by atoms with van der Waals surface area (Å²) >= 11 is 7.61. The molecule has 34 heavy (non-hydrogen) atoms. The van der Waals surface area contributed by atoms with Crippen molar-refractivity contribution in [3.63, 3.8) is 0 Å². The number of halogens is 1. The van der Waals surface area contributed by atoms with Gasteiger partial charge in [0.15, 0.2) is 10.9 Å². The molecule has 1 unspecified atom stereocenters. The van der Waals surface area contributed by atoms with Crippen molar-refractivity contribution >= 4 is 35.0 Å². The van der Waals surface area contributed by atoms with Crippen LogP contribution in [0, 0.1) is 12.3 Å². The first kappa shape index (κ1) is 22.9. The highest BCUT2D eigenvalue weighted by Gasteiger charge is 2.42. The van der Waals surface area contributed by atoms with Crippen LogP contribution in [0.1, 0.15) is 54.9 Å². The third-order valence-electron chi connectivity index (χ3n) is 6.40. The Labute approximate surface area is 208 Å². The third kappa shape index (κ3) is 4.44. The molecule has 2 heterocycles. The average molecular weight is 492 g/mol. The number of fused-ring (bicyclic) bond motifs is 1. The molecule has 2 aliphatic rings. The van der Waals surface area contributed by atoms with E-state index >= 15 is 0 Å². The minimum atomic E-state index is -0.473. The molecule has 3 aromatic rings. The van der Waals surface area contributed by atoms with Crippen molar-refractivity contribution < 1.29 is 4.79 Å². The molecular formula is C27H26ClN3O2S. The summed E-state index contributed by atoms with van der Waals surface area (Å²) in [5.74, 6) is 0.822. The molecule has 7 heteroatoms. The number of nitrogens with zero attached hydrogens (tertiary/aromatic N) is 1. The number of H-pyrrole nitrogens is 1. The zero-order valence-corrected chi connectivity index (χ0v) is 20.9. The van der Waals surface area contributed by atoms with Crippen LogP contribution in [0.25, 0.3) is 0 Å². The maximum Gasteiger partial charge on any atom is 0.257 e. The van der Waals surface area contributed by atoms with E-state index in [1.54, 1.807) is 12.1 Å². The van der Waals surface area contributed by atoms with Crippen molar-refractivity contribution in [2.45, 2.75) is 50.4 Å². The molecule has 5 nitrogen and oxygen atoms in total. The molecule has 0 amide bonds. The first-order valence-corrected chi connectivity index (χ1v) is 12.7. The van der Waals surface area contributed by atoms with E-state index in [1.165, 1.54) is 17.3 Å². The second-order valence-electron chi connectivity index (χ2n) is 9.85. The highest BCUT2D eigenvalue weighted by atomic mass is 35.5. The second-order valence-corrected chi connectivity index (χ2v) is 11.3. The molecule has 1 aliphatic carbocycles. The molecule has 0 saturated carbocycles. The van der Waals surface area contributed by atoms with Gasteiger partial charge in [0.05, 0.1) is 5.56 Å². The zero-order chi connectivity index (χ0) is 24.0. The molecule has 0 saturated heterocycles. The molecule has 2 N–H and O–H groups in total.